The number of nitrogens with one attached hydrogen (secondary N) is 1. The van der Waals surface area contributed by atoms with E-state index in [0.717, 1.165) is 5.69 Å². The maximum absolute atomic E-state index is 12.7. The van der Waals surface area contributed by atoms with E-state index in [1.54, 1.807) is 23.4 Å². The third-order valence-electron chi connectivity index (χ3n) is 3.71. The van der Waals surface area contributed by atoms with Crippen molar-refractivity contribution in [3.8, 4) is 0 Å². The summed E-state index contributed by atoms with van der Waals surface area (Å²) in [6, 6.07) is 1.37. The average molecular weight is 292 g/mol. The fourth-order valence-electron chi connectivity index (χ4n) is 2.79. The molecule has 1 aliphatic heterocycles. The normalized spacial score (nSPS) is 22.4. The van der Waals surface area contributed by atoms with Crippen LogP contribution in [0.15, 0.2) is 12.3 Å². The highest BCUT2D eigenvalue weighted by Gasteiger charge is 2.49. The summed E-state index contributed by atoms with van der Waals surface area (Å²) in [7, 11) is 1.83. The van der Waals surface area contributed by atoms with E-state index >= 15 is 0 Å². The summed E-state index contributed by atoms with van der Waals surface area (Å²) in [5.41, 5.74) is -0.441. The zero-order valence-corrected chi connectivity index (χ0v) is 13.6. The fraction of sp³-hybridized carbons (Fsp3) is 0.667. The van der Waals surface area contributed by atoms with Crippen molar-refractivity contribution in [2.24, 2.45) is 12.5 Å². The van der Waals surface area contributed by atoms with Crippen LogP contribution in [0.3, 0.4) is 0 Å². The van der Waals surface area contributed by atoms with Crippen molar-refractivity contribution in [2.75, 3.05) is 0 Å². The predicted octanol–water partition coefficient (Wildman–Crippen LogP) is 1.07. The molecule has 0 saturated carbocycles. The minimum Gasteiger partial charge on any atom is -0.340 e. The van der Waals surface area contributed by atoms with E-state index in [9.17, 15) is 9.59 Å². The molecule has 2 amide bonds. The van der Waals surface area contributed by atoms with Gasteiger partial charge in [-0.15, -0.1) is 0 Å². The molecule has 0 aromatic carbocycles. The molecule has 0 radical (unpaired) electrons. The summed E-state index contributed by atoms with van der Waals surface area (Å²) in [4.78, 5) is 26.9. The van der Waals surface area contributed by atoms with Gasteiger partial charge in [0.05, 0.1) is 12.2 Å². The Hall–Kier alpha value is -1.85. The molecule has 1 atom stereocenters. The third-order valence-corrected chi connectivity index (χ3v) is 3.71. The fourth-order valence-corrected chi connectivity index (χ4v) is 2.79. The van der Waals surface area contributed by atoms with Crippen molar-refractivity contribution in [1.82, 2.24) is 20.0 Å². The van der Waals surface area contributed by atoms with Crippen molar-refractivity contribution in [3.63, 3.8) is 0 Å². The van der Waals surface area contributed by atoms with Crippen LogP contribution in [-0.2, 0) is 23.2 Å². The van der Waals surface area contributed by atoms with Crippen molar-refractivity contribution in [1.29, 1.82) is 0 Å². The lowest BCUT2D eigenvalue weighted by Crippen LogP contribution is -2.70. The molecule has 0 bridgehead atoms. The van der Waals surface area contributed by atoms with Crippen molar-refractivity contribution in [2.45, 2.75) is 52.7 Å². The first-order valence-corrected chi connectivity index (χ1v) is 7.14. The van der Waals surface area contributed by atoms with E-state index in [0.29, 0.717) is 6.54 Å². The minimum atomic E-state index is -0.881. The van der Waals surface area contributed by atoms with Gasteiger partial charge in [-0.05, 0) is 25.3 Å². The Morgan fingerprint density at radius 1 is 1.33 bits per heavy atom. The number of nitrogens with zero attached hydrogens (tertiary/aromatic N) is 3. The maximum Gasteiger partial charge on any atom is 0.248 e. The molecule has 116 valence electrons. The molecule has 0 aliphatic carbocycles. The number of rotatable bonds is 2. The Kier molecular flexibility index (Phi) is 3.59. The van der Waals surface area contributed by atoms with Crippen LogP contribution in [0, 0.1) is 5.41 Å². The van der Waals surface area contributed by atoms with Gasteiger partial charge in [-0.1, -0.05) is 20.8 Å². The van der Waals surface area contributed by atoms with Crippen LogP contribution in [-0.4, -0.2) is 38.1 Å². The van der Waals surface area contributed by atoms with Crippen LogP contribution in [0.4, 0.5) is 0 Å². The highest BCUT2D eigenvalue weighted by molar-refractivity contribution is 5.99. The van der Waals surface area contributed by atoms with Crippen molar-refractivity contribution in [3.05, 3.63) is 18.0 Å². The van der Waals surface area contributed by atoms with Gasteiger partial charge in [-0.2, -0.15) is 5.10 Å². The first kappa shape index (κ1) is 15.5. The van der Waals surface area contributed by atoms with Crippen LogP contribution in [0.5, 0.6) is 0 Å². The highest BCUT2D eigenvalue weighted by atomic mass is 16.2. The lowest BCUT2D eigenvalue weighted by Gasteiger charge is -2.47. The summed E-state index contributed by atoms with van der Waals surface area (Å²) in [5.74, 6) is -0.185. The lowest BCUT2D eigenvalue weighted by atomic mass is 9.81. The number of carbonyl (C=O) groups is 2. The number of aromatic nitrogens is 2. The van der Waals surface area contributed by atoms with Gasteiger partial charge in [0, 0.05) is 13.2 Å². The van der Waals surface area contributed by atoms with Crippen LogP contribution in [0.2, 0.25) is 0 Å². The molecular weight excluding hydrogens is 268 g/mol. The monoisotopic (exact) mass is 292 g/mol. The number of aryl methyl sites for hydroxylation is 1. The van der Waals surface area contributed by atoms with E-state index in [2.05, 4.69) is 10.4 Å². The van der Waals surface area contributed by atoms with Gasteiger partial charge in [0.1, 0.15) is 11.6 Å². The van der Waals surface area contributed by atoms with Crippen LogP contribution < -0.4 is 5.32 Å². The Balaban J connectivity index is 2.38. The SMILES string of the molecule is Cn1ccc(CN2C(=O)C(C)(C)NC(=O)C2C(C)(C)C)n1. The van der Waals surface area contributed by atoms with Gasteiger partial charge in [-0.25, -0.2) is 0 Å². The summed E-state index contributed by atoms with van der Waals surface area (Å²) in [6.45, 7) is 9.71. The van der Waals surface area contributed by atoms with E-state index in [1.807, 2.05) is 40.1 Å². The molecule has 1 fully saturated rings. The second-order valence-electron chi connectivity index (χ2n) is 7.30. The minimum absolute atomic E-state index is 0.0762. The predicted molar refractivity (Wildman–Crippen MR) is 79.2 cm³/mol. The standard InChI is InChI=1S/C15H24N4O2/c1-14(2,3)11-12(20)16-15(4,5)13(21)19(11)9-10-7-8-18(6)17-10/h7-8,11H,9H2,1-6H3,(H,16,20). The maximum atomic E-state index is 12.7. The third kappa shape index (κ3) is 2.94. The second-order valence-corrected chi connectivity index (χ2v) is 7.30. The topological polar surface area (TPSA) is 67.2 Å². The summed E-state index contributed by atoms with van der Waals surface area (Å²) >= 11 is 0. The largest absolute Gasteiger partial charge is 0.340 e. The summed E-state index contributed by atoms with van der Waals surface area (Å²) in [6.07, 6.45) is 1.83. The molecule has 1 unspecified atom stereocenters. The first-order valence-electron chi connectivity index (χ1n) is 7.14. The van der Waals surface area contributed by atoms with E-state index < -0.39 is 11.6 Å². The number of amides is 2. The summed E-state index contributed by atoms with van der Waals surface area (Å²) < 4.78 is 1.70. The van der Waals surface area contributed by atoms with E-state index in [4.69, 9.17) is 0 Å². The average Bonchev–Trinajstić information content (AvgIpc) is 2.69. The second kappa shape index (κ2) is 4.86. The molecule has 21 heavy (non-hydrogen) atoms. The van der Waals surface area contributed by atoms with Crippen molar-refractivity contribution < 1.29 is 9.59 Å². The molecule has 6 nitrogen and oxygen atoms in total. The zero-order valence-electron chi connectivity index (χ0n) is 13.6. The lowest BCUT2D eigenvalue weighted by molar-refractivity contribution is -0.158. The Bertz CT molecular complexity index is 568. The van der Waals surface area contributed by atoms with E-state index in [1.165, 1.54) is 0 Å². The molecule has 1 aromatic heterocycles. The molecule has 1 saturated heterocycles. The Morgan fingerprint density at radius 3 is 2.43 bits per heavy atom. The van der Waals surface area contributed by atoms with Gasteiger partial charge < -0.3 is 10.2 Å². The number of carbonyl (C=O) groups excluding carboxylic acids is 2. The molecule has 2 heterocycles. The quantitative estimate of drug-likeness (QED) is 0.886. The van der Waals surface area contributed by atoms with Gasteiger partial charge in [-0.3, -0.25) is 14.3 Å². The number of hydrogen-bond acceptors (Lipinski definition) is 3. The van der Waals surface area contributed by atoms with Gasteiger partial charge in [0.25, 0.3) is 0 Å². The number of hydrogen-bond donors (Lipinski definition) is 1. The zero-order chi connectivity index (χ0) is 16.0. The van der Waals surface area contributed by atoms with Gasteiger partial charge in [0.15, 0.2) is 0 Å². The molecule has 1 aliphatic rings. The number of piperazine rings is 1. The van der Waals surface area contributed by atoms with Crippen molar-refractivity contribution >= 4 is 11.8 Å². The Labute approximate surface area is 125 Å². The van der Waals surface area contributed by atoms with Gasteiger partial charge in [0.2, 0.25) is 11.8 Å². The van der Waals surface area contributed by atoms with Gasteiger partial charge >= 0.3 is 0 Å². The van der Waals surface area contributed by atoms with Crippen LogP contribution in [0.25, 0.3) is 0 Å². The molecule has 0 spiro atoms. The molecule has 1 aromatic rings. The highest BCUT2D eigenvalue weighted by Crippen LogP contribution is 2.31. The summed E-state index contributed by atoms with van der Waals surface area (Å²) in [5, 5.41) is 7.15. The smallest absolute Gasteiger partial charge is 0.248 e. The Morgan fingerprint density at radius 2 is 1.95 bits per heavy atom. The molecule has 2 rings (SSSR count). The molecule has 1 N–H and O–H groups in total. The molecular formula is C15H24N4O2. The van der Waals surface area contributed by atoms with Crippen LogP contribution >= 0.6 is 0 Å². The van der Waals surface area contributed by atoms with E-state index in [-0.39, 0.29) is 17.2 Å². The molecule has 6 heteroatoms. The van der Waals surface area contributed by atoms with Crippen LogP contribution in [0.1, 0.15) is 40.3 Å². The first-order chi connectivity index (χ1) is 9.52.